The number of hydrogen-bond acceptors (Lipinski definition) is 2. The highest BCUT2D eigenvalue weighted by Gasteiger charge is 2.00. The standard InChI is InChI=1S/C10H12O2/c1-9(7-8-11)12-10-5-3-2-4-6-10/h2-6,8-9H,7H2,1H3. The third-order valence-electron chi connectivity index (χ3n) is 1.51. The maximum absolute atomic E-state index is 10.1. The lowest BCUT2D eigenvalue weighted by molar-refractivity contribution is -0.109. The zero-order valence-corrected chi connectivity index (χ0v) is 7.07. The van der Waals surface area contributed by atoms with Crippen molar-refractivity contribution in [2.45, 2.75) is 19.4 Å². The van der Waals surface area contributed by atoms with Crippen molar-refractivity contribution in [1.29, 1.82) is 0 Å². The van der Waals surface area contributed by atoms with Gasteiger partial charge in [0.2, 0.25) is 0 Å². The second-order valence-corrected chi connectivity index (χ2v) is 2.64. The van der Waals surface area contributed by atoms with Crippen molar-refractivity contribution in [1.82, 2.24) is 0 Å². The summed E-state index contributed by atoms with van der Waals surface area (Å²) < 4.78 is 5.42. The van der Waals surface area contributed by atoms with E-state index in [1.165, 1.54) is 0 Å². The van der Waals surface area contributed by atoms with Crippen molar-refractivity contribution in [3.8, 4) is 5.75 Å². The van der Waals surface area contributed by atoms with Gasteiger partial charge in [-0.05, 0) is 19.1 Å². The summed E-state index contributed by atoms with van der Waals surface area (Å²) in [5.41, 5.74) is 0. The third kappa shape index (κ3) is 2.74. The largest absolute Gasteiger partial charge is 0.490 e. The summed E-state index contributed by atoms with van der Waals surface area (Å²) in [4.78, 5) is 10.1. The number of carbonyl (C=O) groups is 1. The molecule has 0 N–H and O–H groups in total. The van der Waals surface area contributed by atoms with Crippen LogP contribution < -0.4 is 4.74 Å². The number of benzene rings is 1. The molecule has 0 amide bonds. The van der Waals surface area contributed by atoms with Crippen LogP contribution in [0.2, 0.25) is 0 Å². The summed E-state index contributed by atoms with van der Waals surface area (Å²) in [6.45, 7) is 1.88. The van der Waals surface area contributed by atoms with E-state index in [4.69, 9.17) is 4.74 Å². The number of ether oxygens (including phenoxy) is 1. The second-order valence-electron chi connectivity index (χ2n) is 2.64. The molecular weight excluding hydrogens is 152 g/mol. The first-order chi connectivity index (χ1) is 5.83. The number of rotatable bonds is 4. The van der Waals surface area contributed by atoms with Gasteiger partial charge in [0.15, 0.2) is 0 Å². The molecule has 0 heterocycles. The number of para-hydroxylation sites is 1. The molecule has 1 atom stereocenters. The van der Waals surface area contributed by atoms with Gasteiger partial charge in [-0.3, -0.25) is 0 Å². The van der Waals surface area contributed by atoms with Crippen molar-refractivity contribution in [3.05, 3.63) is 30.3 Å². The molecule has 1 aromatic carbocycles. The number of carbonyl (C=O) groups excluding carboxylic acids is 1. The normalized spacial score (nSPS) is 12.1. The number of aldehydes is 1. The van der Waals surface area contributed by atoms with Gasteiger partial charge in [-0.15, -0.1) is 0 Å². The van der Waals surface area contributed by atoms with E-state index in [2.05, 4.69) is 0 Å². The second kappa shape index (κ2) is 4.54. The Labute approximate surface area is 72.2 Å². The van der Waals surface area contributed by atoms with Crippen molar-refractivity contribution in [2.75, 3.05) is 0 Å². The highest BCUT2D eigenvalue weighted by Crippen LogP contribution is 2.11. The molecular formula is C10H12O2. The van der Waals surface area contributed by atoms with Gasteiger partial charge in [-0.25, -0.2) is 0 Å². The Morgan fingerprint density at radius 1 is 1.42 bits per heavy atom. The Kier molecular flexibility index (Phi) is 3.33. The van der Waals surface area contributed by atoms with Crippen LogP contribution in [0.5, 0.6) is 5.75 Å². The van der Waals surface area contributed by atoms with Crippen molar-refractivity contribution in [2.24, 2.45) is 0 Å². The molecule has 0 saturated heterocycles. The first-order valence-corrected chi connectivity index (χ1v) is 3.98. The zero-order valence-electron chi connectivity index (χ0n) is 7.07. The molecule has 2 nitrogen and oxygen atoms in total. The fourth-order valence-electron chi connectivity index (χ4n) is 0.915. The quantitative estimate of drug-likeness (QED) is 0.636. The van der Waals surface area contributed by atoms with Crippen LogP contribution in [0, 0.1) is 0 Å². The Balaban J connectivity index is 2.46. The van der Waals surface area contributed by atoms with E-state index in [-0.39, 0.29) is 6.10 Å². The lowest BCUT2D eigenvalue weighted by Gasteiger charge is -2.10. The van der Waals surface area contributed by atoms with Gasteiger partial charge in [-0.1, -0.05) is 18.2 Å². The van der Waals surface area contributed by atoms with Gasteiger partial charge >= 0.3 is 0 Å². The fourth-order valence-corrected chi connectivity index (χ4v) is 0.915. The van der Waals surface area contributed by atoms with Crippen molar-refractivity contribution < 1.29 is 9.53 Å². The van der Waals surface area contributed by atoms with E-state index in [0.29, 0.717) is 6.42 Å². The predicted octanol–water partition coefficient (Wildman–Crippen LogP) is 2.04. The molecule has 1 unspecified atom stereocenters. The van der Waals surface area contributed by atoms with Gasteiger partial charge in [0.05, 0.1) is 0 Å². The predicted molar refractivity (Wildman–Crippen MR) is 47.2 cm³/mol. The van der Waals surface area contributed by atoms with E-state index in [9.17, 15) is 4.79 Å². The lowest BCUT2D eigenvalue weighted by atomic mass is 10.3. The molecule has 0 saturated carbocycles. The van der Waals surface area contributed by atoms with E-state index >= 15 is 0 Å². The zero-order chi connectivity index (χ0) is 8.81. The Hall–Kier alpha value is -1.31. The molecule has 0 aliphatic heterocycles. The fraction of sp³-hybridized carbons (Fsp3) is 0.300. The first kappa shape index (κ1) is 8.78. The summed E-state index contributed by atoms with van der Waals surface area (Å²) in [5.74, 6) is 0.812. The molecule has 12 heavy (non-hydrogen) atoms. The summed E-state index contributed by atoms with van der Waals surface area (Å²) in [6.07, 6.45) is 1.27. The molecule has 0 spiro atoms. The van der Waals surface area contributed by atoms with Gasteiger partial charge in [0.25, 0.3) is 0 Å². The van der Waals surface area contributed by atoms with Gasteiger partial charge in [0, 0.05) is 6.42 Å². The van der Waals surface area contributed by atoms with Crippen LogP contribution in [-0.2, 0) is 4.79 Å². The number of hydrogen-bond donors (Lipinski definition) is 0. The lowest BCUT2D eigenvalue weighted by Crippen LogP contribution is -2.11. The van der Waals surface area contributed by atoms with Gasteiger partial charge < -0.3 is 9.53 Å². The SMILES string of the molecule is CC(CC=O)Oc1ccccc1. The highest BCUT2D eigenvalue weighted by atomic mass is 16.5. The topological polar surface area (TPSA) is 26.3 Å². The van der Waals surface area contributed by atoms with Crippen LogP contribution in [0.15, 0.2) is 30.3 Å². The molecule has 64 valence electrons. The third-order valence-corrected chi connectivity index (χ3v) is 1.51. The maximum Gasteiger partial charge on any atom is 0.123 e. The first-order valence-electron chi connectivity index (χ1n) is 3.98. The van der Waals surface area contributed by atoms with E-state index in [0.717, 1.165) is 12.0 Å². The summed E-state index contributed by atoms with van der Waals surface area (Å²) >= 11 is 0. The minimum absolute atomic E-state index is 0.0371. The molecule has 0 fully saturated rings. The summed E-state index contributed by atoms with van der Waals surface area (Å²) in [6, 6.07) is 9.49. The highest BCUT2D eigenvalue weighted by molar-refractivity contribution is 5.50. The van der Waals surface area contributed by atoms with Crippen molar-refractivity contribution in [3.63, 3.8) is 0 Å². The maximum atomic E-state index is 10.1. The molecule has 0 aliphatic rings. The van der Waals surface area contributed by atoms with Crippen molar-refractivity contribution >= 4 is 6.29 Å². The van der Waals surface area contributed by atoms with Crippen LogP contribution in [0.4, 0.5) is 0 Å². The molecule has 0 radical (unpaired) electrons. The smallest absolute Gasteiger partial charge is 0.123 e. The van der Waals surface area contributed by atoms with Gasteiger partial charge in [-0.2, -0.15) is 0 Å². The monoisotopic (exact) mass is 164 g/mol. The average molecular weight is 164 g/mol. The van der Waals surface area contributed by atoms with Crippen LogP contribution in [0.3, 0.4) is 0 Å². The van der Waals surface area contributed by atoms with E-state index in [1.807, 2.05) is 37.3 Å². The van der Waals surface area contributed by atoms with Crippen LogP contribution in [-0.4, -0.2) is 12.4 Å². The molecule has 0 bridgehead atoms. The molecule has 1 rings (SSSR count). The molecule has 0 aliphatic carbocycles. The minimum atomic E-state index is -0.0371. The van der Waals surface area contributed by atoms with E-state index in [1.54, 1.807) is 0 Å². The van der Waals surface area contributed by atoms with Gasteiger partial charge in [0.1, 0.15) is 18.1 Å². The Bertz CT molecular complexity index is 231. The average Bonchev–Trinajstić information content (AvgIpc) is 2.06. The van der Waals surface area contributed by atoms with Crippen LogP contribution in [0.1, 0.15) is 13.3 Å². The molecule has 1 aromatic rings. The van der Waals surface area contributed by atoms with Crippen LogP contribution >= 0.6 is 0 Å². The minimum Gasteiger partial charge on any atom is -0.490 e. The van der Waals surface area contributed by atoms with E-state index < -0.39 is 0 Å². The molecule has 2 heteroatoms. The Morgan fingerprint density at radius 2 is 2.08 bits per heavy atom. The summed E-state index contributed by atoms with van der Waals surface area (Å²) in [7, 11) is 0. The molecule has 0 aromatic heterocycles. The Morgan fingerprint density at radius 3 is 2.67 bits per heavy atom. The summed E-state index contributed by atoms with van der Waals surface area (Å²) in [5, 5.41) is 0. The van der Waals surface area contributed by atoms with Crippen LogP contribution in [0.25, 0.3) is 0 Å².